The van der Waals surface area contributed by atoms with Crippen molar-refractivity contribution in [2.24, 2.45) is 0 Å². The van der Waals surface area contributed by atoms with Crippen LogP contribution in [0.3, 0.4) is 0 Å². The summed E-state index contributed by atoms with van der Waals surface area (Å²) in [6.45, 7) is 0.853. The molecule has 6 aromatic rings. The standard InChI is InChI=1S/C39H32O4P2/c40-44(30-16-5-1-6-17-30,31-18-7-2-8-19-31)36-26-13-24-34-38(36)39-35(43-29-15-28-42-34)25-14-27-37(39)45(41,32-20-9-3-10-21-32)33-22-11-4-12-23-33/h1-14,16-27H,15,28-29H2. The Labute approximate surface area is 264 Å². The first-order chi connectivity index (χ1) is 22.1. The predicted molar refractivity (Wildman–Crippen MR) is 186 cm³/mol. The highest BCUT2D eigenvalue weighted by molar-refractivity contribution is 7.86. The molecule has 1 aliphatic heterocycles. The van der Waals surface area contributed by atoms with Crippen molar-refractivity contribution in [3.05, 3.63) is 158 Å². The minimum Gasteiger partial charge on any atom is -0.493 e. The Morgan fingerprint density at radius 1 is 0.378 bits per heavy atom. The van der Waals surface area contributed by atoms with Crippen LogP contribution in [0.25, 0.3) is 11.1 Å². The predicted octanol–water partition coefficient (Wildman–Crippen LogP) is 6.79. The monoisotopic (exact) mass is 626 g/mol. The van der Waals surface area contributed by atoms with E-state index in [2.05, 4.69) is 0 Å². The molecule has 1 aliphatic rings. The van der Waals surface area contributed by atoms with Gasteiger partial charge in [-0.15, -0.1) is 0 Å². The molecule has 222 valence electrons. The highest BCUT2D eigenvalue weighted by atomic mass is 31.2. The molecule has 0 saturated carbocycles. The fraction of sp³-hybridized carbons (Fsp3) is 0.0769. The second-order valence-corrected chi connectivity index (χ2v) is 16.4. The number of ether oxygens (including phenoxy) is 2. The van der Waals surface area contributed by atoms with Crippen LogP contribution in [0.15, 0.2) is 158 Å². The Balaban J connectivity index is 1.62. The van der Waals surface area contributed by atoms with Gasteiger partial charge in [0, 0.05) is 49.4 Å². The fourth-order valence-corrected chi connectivity index (χ4v) is 11.9. The molecule has 0 N–H and O–H groups in total. The summed E-state index contributed by atoms with van der Waals surface area (Å²) >= 11 is 0. The van der Waals surface area contributed by atoms with E-state index in [1.807, 2.05) is 158 Å². The normalized spacial score (nSPS) is 13.2. The Bertz CT molecular complexity index is 1790. The lowest BCUT2D eigenvalue weighted by atomic mass is 10.0. The lowest BCUT2D eigenvalue weighted by molar-refractivity contribution is 0.252. The summed E-state index contributed by atoms with van der Waals surface area (Å²) in [6, 6.07) is 49.9. The van der Waals surface area contributed by atoms with Crippen LogP contribution in [0.4, 0.5) is 0 Å². The number of rotatable bonds is 6. The van der Waals surface area contributed by atoms with E-state index in [4.69, 9.17) is 9.47 Å². The zero-order chi connectivity index (χ0) is 30.7. The minimum absolute atomic E-state index is 0.426. The van der Waals surface area contributed by atoms with E-state index < -0.39 is 14.3 Å². The van der Waals surface area contributed by atoms with Gasteiger partial charge in [-0.25, -0.2) is 0 Å². The molecule has 0 aromatic heterocycles. The molecular weight excluding hydrogens is 594 g/mol. The summed E-state index contributed by atoms with van der Waals surface area (Å²) < 4.78 is 44.8. The van der Waals surface area contributed by atoms with E-state index >= 15 is 9.13 Å². The molecule has 6 aromatic carbocycles. The van der Waals surface area contributed by atoms with Gasteiger partial charge in [0.05, 0.1) is 13.2 Å². The summed E-state index contributed by atoms with van der Waals surface area (Å²) in [4.78, 5) is 0. The van der Waals surface area contributed by atoms with Crippen molar-refractivity contribution in [3.63, 3.8) is 0 Å². The fourth-order valence-electron chi connectivity index (χ4n) is 6.14. The SMILES string of the molecule is O=P(c1ccccc1)(c1ccccc1)c1cccc2c1-c1c(cccc1P(=O)(c1ccccc1)c1ccccc1)OCCCO2. The molecule has 0 spiro atoms. The Kier molecular flexibility index (Phi) is 8.03. The van der Waals surface area contributed by atoms with Gasteiger partial charge in [0.25, 0.3) is 0 Å². The summed E-state index contributed by atoms with van der Waals surface area (Å²) in [5, 5.41) is 4.06. The topological polar surface area (TPSA) is 52.6 Å². The van der Waals surface area contributed by atoms with Crippen LogP contribution < -0.4 is 41.3 Å². The van der Waals surface area contributed by atoms with Gasteiger partial charge in [-0.05, 0) is 24.3 Å². The molecule has 7 rings (SSSR count). The lowest BCUT2D eigenvalue weighted by Gasteiger charge is -2.28. The zero-order valence-electron chi connectivity index (χ0n) is 24.7. The highest BCUT2D eigenvalue weighted by Gasteiger charge is 2.39. The number of benzene rings is 6. The van der Waals surface area contributed by atoms with Gasteiger partial charge < -0.3 is 18.6 Å². The molecule has 1 heterocycles. The van der Waals surface area contributed by atoms with E-state index in [0.717, 1.165) is 0 Å². The van der Waals surface area contributed by atoms with Gasteiger partial charge in [-0.3, -0.25) is 0 Å². The molecule has 0 bridgehead atoms. The molecule has 0 saturated heterocycles. The van der Waals surface area contributed by atoms with Gasteiger partial charge in [0.15, 0.2) is 14.3 Å². The first-order valence-electron chi connectivity index (χ1n) is 15.1. The Morgan fingerprint density at radius 2 is 0.689 bits per heavy atom. The van der Waals surface area contributed by atoms with E-state index in [1.165, 1.54) is 0 Å². The van der Waals surface area contributed by atoms with Gasteiger partial charge in [-0.1, -0.05) is 133 Å². The van der Waals surface area contributed by atoms with Crippen molar-refractivity contribution in [1.82, 2.24) is 0 Å². The molecule has 4 nitrogen and oxygen atoms in total. The largest absolute Gasteiger partial charge is 0.493 e. The van der Waals surface area contributed by atoms with Crippen LogP contribution >= 0.6 is 14.3 Å². The van der Waals surface area contributed by atoms with Crippen molar-refractivity contribution in [3.8, 4) is 22.6 Å². The molecular formula is C39H32O4P2. The van der Waals surface area contributed by atoms with E-state index in [0.29, 0.717) is 74.1 Å². The second-order valence-electron chi connectivity index (χ2n) is 10.9. The Morgan fingerprint density at radius 3 is 1.00 bits per heavy atom. The number of hydrogen-bond acceptors (Lipinski definition) is 4. The molecule has 0 amide bonds. The summed E-state index contributed by atoms with van der Waals surface area (Å²) in [5.41, 5.74) is 1.29. The smallest absolute Gasteiger partial charge is 0.171 e. The van der Waals surface area contributed by atoms with Gasteiger partial charge >= 0.3 is 0 Å². The van der Waals surface area contributed by atoms with Gasteiger partial charge in [0.1, 0.15) is 11.5 Å². The van der Waals surface area contributed by atoms with Crippen molar-refractivity contribution >= 4 is 46.1 Å². The second kappa shape index (κ2) is 12.4. The van der Waals surface area contributed by atoms with Crippen LogP contribution in [0.2, 0.25) is 0 Å². The average Bonchev–Trinajstić information content (AvgIpc) is 3.21. The highest BCUT2D eigenvalue weighted by Crippen LogP contribution is 2.52. The summed E-state index contributed by atoms with van der Waals surface area (Å²) in [5.74, 6) is 1.18. The van der Waals surface area contributed by atoms with Crippen molar-refractivity contribution in [1.29, 1.82) is 0 Å². The Hall–Kier alpha value is -4.62. The van der Waals surface area contributed by atoms with E-state index in [1.54, 1.807) is 0 Å². The number of fused-ring (bicyclic) bond motifs is 3. The molecule has 0 radical (unpaired) electrons. The van der Waals surface area contributed by atoms with Crippen LogP contribution in [0.5, 0.6) is 11.5 Å². The third kappa shape index (κ3) is 5.15. The van der Waals surface area contributed by atoms with Crippen LogP contribution in [0, 0.1) is 0 Å². The third-order valence-corrected chi connectivity index (χ3v) is 14.4. The molecule has 6 heteroatoms. The summed E-state index contributed by atoms with van der Waals surface area (Å²) in [6.07, 6.45) is 0.664. The van der Waals surface area contributed by atoms with E-state index in [9.17, 15) is 0 Å². The number of hydrogen-bond donors (Lipinski definition) is 0. The van der Waals surface area contributed by atoms with Gasteiger partial charge in [-0.2, -0.15) is 0 Å². The van der Waals surface area contributed by atoms with Crippen LogP contribution in [-0.4, -0.2) is 13.2 Å². The van der Waals surface area contributed by atoms with Crippen molar-refractivity contribution in [2.45, 2.75) is 6.42 Å². The first kappa shape index (κ1) is 29.1. The molecule has 0 atom stereocenters. The minimum atomic E-state index is -3.48. The maximum atomic E-state index is 15.9. The lowest BCUT2D eigenvalue weighted by Crippen LogP contribution is -2.30. The van der Waals surface area contributed by atoms with E-state index in [-0.39, 0.29) is 0 Å². The maximum Gasteiger partial charge on any atom is 0.171 e. The first-order valence-corrected chi connectivity index (χ1v) is 18.5. The van der Waals surface area contributed by atoms with Crippen molar-refractivity contribution in [2.75, 3.05) is 13.2 Å². The van der Waals surface area contributed by atoms with Crippen LogP contribution in [0.1, 0.15) is 6.42 Å². The molecule has 45 heavy (non-hydrogen) atoms. The molecule has 0 unspecified atom stereocenters. The quantitative estimate of drug-likeness (QED) is 0.191. The molecule has 0 aliphatic carbocycles. The molecule has 0 fully saturated rings. The van der Waals surface area contributed by atoms with Crippen LogP contribution in [-0.2, 0) is 9.13 Å². The maximum absolute atomic E-state index is 15.9. The summed E-state index contributed by atoms with van der Waals surface area (Å²) in [7, 11) is -6.96. The van der Waals surface area contributed by atoms with Crippen molar-refractivity contribution < 1.29 is 18.6 Å². The third-order valence-electron chi connectivity index (χ3n) is 8.22. The average molecular weight is 627 g/mol. The zero-order valence-corrected chi connectivity index (χ0v) is 26.4. The van der Waals surface area contributed by atoms with Gasteiger partial charge in [0.2, 0.25) is 0 Å².